The van der Waals surface area contributed by atoms with Gasteiger partial charge in [-0.2, -0.15) is 0 Å². The van der Waals surface area contributed by atoms with E-state index in [0.29, 0.717) is 18.5 Å². The van der Waals surface area contributed by atoms with Gasteiger partial charge in [0.05, 0.1) is 0 Å². The predicted molar refractivity (Wildman–Crippen MR) is 90.0 cm³/mol. The summed E-state index contributed by atoms with van der Waals surface area (Å²) in [5.41, 5.74) is 5.08. The highest BCUT2D eigenvalue weighted by Crippen LogP contribution is 2.30. The van der Waals surface area contributed by atoms with Gasteiger partial charge in [-0.15, -0.1) is 0 Å². The van der Waals surface area contributed by atoms with Crippen LogP contribution in [0.15, 0.2) is 11.0 Å². The third kappa shape index (κ3) is 5.67. The molecule has 1 rings (SSSR count). The van der Waals surface area contributed by atoms with E-state index in [4.69, 9.17) is 10.8 Å². The number of anilines is 1. The summed E-state index contributed by atoms with van der Waals surface area (Å²) in [6, 6.07) is 0. The van der Waals surface area contributed by atoms with Crippen LogP contribution >= 0.6 is 0 Å². The average Bonchev–Trinajstić information content (AvgIpc) is 2.37. The summed E-state index contributed by atoms with van der Waals surface area (Å²) in [7, 11) is 0. The summed E-state index contributed by atoms with van der Waals surface area (Å²) in [5, 5.41) is 12.1. The van der Waals surface area contributed by atoms with Gasteiger partial charge in [0.15, 0.2) is 5.82 Å². The molecule has 0 spiro atoms. The molecule has 130 valence electrons. The molecule has 1 aromatic rings. The highest BCUT2D eigenvalue weighted by Gasteiger charge is 2.29. The number of nitrogens with zero attached hydrogens (tertiary/aromatic N) is 2. The van der Waals surface area contributed by atoms with Crippen LogP contribution in [0.2, 0.25) is 0 Å². The smallest absolute Gasteiger partial charge is 0.293 e. The van der Waals surface area contributed by atoms with Crippen LogP contribution in [0.1, 0.15) is 46.2 Å². The molecule has 0 atom stereocenters. The number of rotatable bonds is 7. The number of amides is 1. The first-order valence-electron chi connectivity index (χ1n) is 7.71. The number of aliphatic hydroxyl groups is 1. The standard InChI is InChI=1S/C16H28N4O3/c1-11-8-18-13(17)14(23)20(11)9-12(22)19-16(4,5)10-15(2,3)6-7-21/h8,21H,6-7,9-10H2,1-5H3,(H2,17,18)(H,19,22). The summed E-state index contributed by atoms with van der Waals surface area (Å²) in [4.78, 5) is 28.1. The summed E-state index contributed by atoms with van der Waals surface area (Å²) < 4.78 is 1.31. The van der Waals surface area contributed by atoms with E-state index in [1.165, 1.54) is 10.8 Å². The van der Waals surface area contributed by atoms with Crippen molar-refractivity contribution in [2.75, 3.05) is 12.3 Å². The molecule has 0 aliphatic heterocycles. The molecular formula is C16H28N4O3. The van der Waals surface area contributed by atoms with Gasteiger partial charge < -0.3 is 16.2 Å². The van der Waals surface area contributed by atoms with Crippen LogP contribution in [0.3, 0.4) is 0 Å². The first-order chi connectivity index (χ1) is 10.5. The highest BCUT2D eigenvalue weighted by molar-refractivity contribution is 5.76. The predicted octanol–water partition coefficient (Wildman–Crippen LogP) is 0.827. The molecule has 0 saturated heterocycles. The second-order valence-electron chi connectivity index (χ2n) is 7.42. The third-order valence-electron chi connectivity index (χ3n) is 3.77. The molecule has 4 N–H and O–H groups in total. The summed E-state index contributed by atoms with van der Waals surface area (Å²) in [6.07, 6.45) is 2.84. The van der Waals surface area contributed by atoms with Crippen molar-refractivity contribution in [1.82, 2.24) is 14.9 Å². The molecule has 0 aromatic carbocycles. The van der Waals surface area contributed by atoms with Gasteiger partial charge in [0.1, 0.15) is 6.54 Å². The topological polar surface area (TPSA) is 110 Å². The monoisotopic (exact) mass is 324 g/mol. The Labute approximate surface area is 136 Å². The molecule has 0 fully saturated rings. The number of hydrogen-bond donors (Lipinski definition) is 3. The minimum atomic E-state index is -0.460. The molecule has 1 heterocycles. The summed E-state index contributed by atoms with van der Waals surface area (Å²) >= 11 is 0. The Hall–Kier alpha value is -1.89. The zero-order valence-electron chi connectivity index (χ0n) is 14.6. The molecule has 0 aliphatic carbocycles. The molecule has 1 aromatic heterocycles. The third-order valence-corrected chi connectivity index (χ3v) is 3.77. The molecule has 0 radical (unpaired) electrons. The number of aliphatic hydroxyl groups excluding tert-OH is 1. The van der Waals surface area contributed by atoms with E-state index in [1.807, 2.05) is 13.8 Å². The van der Waals surface area contributed by atoms with E-state index in [9.17, 15) is 9.59 Å². The fraction of sp³-hybridized carbons (Fsp3) is 0.688. The molecule has 0 bridgehead atoms. The molecule has 0 saturated carbocycles. The second kappa shape index (κ2) is 7.12. The first-order valence-corrected chi connectivity index (χ1v) is 7.71. The zero-order chi connectivity index (χ0) is 17.8. The first kappa shape index (κ1) is 19.2. The van der Waals surface area contributed by atoms with Gasteiger partial charge in [-0.05, 0) is 39.0 Å². The Morgan fingerprint density at radius 3 is 2.57 bits per heavy atom. The maximum Gasteiger partial charge on any atom is 0.293 e. The number of nitrogen functional groups attached to an aromatic ring is 1. The summed E-state index contributed by atoms with van der Waals surface area (Å²) in [5.74, 6) is -0.377. The Morgan fingerprint density at radius 2 is 2.00 bits per heavy atom. The molecule has 23 heavy (non-hydrogen) atoms. The fourth-order valence-electron chi connectivity index (χ4n) is 2.98. The lowest BCUT2D eigenvalue weighted by Gasteiger charge is -2.35. The van der Waals surface area contributed by atoms with Crippen LogP contribution in [0.4, 0.5) is 5.82 Å². The van der Waals surface area contributed by atoms with Crippen LogP contribution < -0.4 is 16.6 Å². The second-order valence-corrected chi connectivity index (χ2v) is 7.42. The van der Waals surface area contributed by atoms with E-state index in [0.717, 1.165) is 0 Å². The van der Waals surface area contributed by atoms with Crippen molar-refractivity contribution in [3.05, 3.63) is 22.2 Å². The fourth-order valence-corrected chi connectivity index (χ4v) is 2.98. The van der Waals surface area contributed by atoms with Crippen molar-refractivity contribution in [1.29, 1.82) is 0 Å². The Morgan fingerprint density at radius 1 is 1.39 bits per heavy atom. The number of aromatic nitrogens is 2. The van der Waals surface area contributed by atoms with Crippen LogP contribution in [0.25, 0.3) is 0 Å². The van der Waals surface area contributed by atoms with Crippen molar-refractivity contribution >= 4 is 11.7 Å². The molecule has 7 heteroatoms. The van der Waals surface area contributed by atoms with Gasteiger partial charge in [-0.1, -0.05) is 13.8 Å². The Balaban J connectivity index is 2.81. The summed E-state index contributed by atoms with van der Waals surface area (Å²) in [6.45, 7) is 9.69. The van der Waals surface area contributed by atoms with Crippen LogP contribution in [-0.2, 0) is 11.3 Å². The number of carbonyl (C=O) groups excluding carboxylic acids is 1. The Bertz CT molecular complexity index is 620. The maximum absolute atomic E-state index is 12.3. The van der Waals surface area contributed by atoms with E-state index >= 15 is 0 Å². The van der Waals surface area contributed by atoms with Crippen molar-refractivity contribution in [2.24, 2.45) is 5.41 Å². The van der Waals surface area contributed by atoms with Gasteiger partial charge in [-0.25, -0.2) is 4.98 Å². The van der Waals surface area contributed by atoms with Gasteiger partial charge in [0.2, 0.25) is 5.91 Å². The average molecular weight is 324 g/mol. The van der Waals surface area contributed by atoms with Gasteiger partial charge in [0, 0.05) is 24.0 Å². The van der Waals surface area contributed by atoms with Crippen molar-refractivity contribution < 1.29 is 9.90 Å². The SMILES string of the molecule is Cc1cnc(N)c(=O)n1CC(=O)NC(C)(C)CC(C)(C)CCO. The molecule has 7 nitrogen and oxygen atoms in total. The van der Waals surface area contributed by atoms with Crippen LogP contribution in [0.5, 0.6) is 0 Å². The normalized spacial score (nSPS) is 12.3. The van der Waals surface area contributed by atoms with Crippen molar-refractivity contribution in [3.8, 4) is 0 Å². The lowest BCUT2D eigenvalue weighted by Crippen LogP contribution is -2.48. The minimum absolute atomic E-state index is 0.0960. The lowest BCUT2D eigenvalue weighted by atomic mass is 9.78. The van der Waals surface area contributed by atoms with E-state index in [1.54, 1.807) is 6.92 Å². The number of nitrogens with two attached hydrogens (primary N) is 1. The number of hydrogen-bond acceptors (Lipinski definition) is 5. The maximum atomic E-state index is 12.3. The van der Waals surface area contributed by atoms with E-state index in [2.05, 4.69) is 24.1 Å². The molecule has 0 unspecified atom stereocenters. The molecule has 1 amide bonds. The Kier molecular flexibility index (Phi) is 5.93. The number of aryl methyl sites for hydroxylation is 1. The van der Waals surface area contributed by atoms with Crippen molar-refractivity contribution in [3.63, 3.8) is 0 Å². The van der Waals surface area contributed by atoms with E-state index in [-0.39, 0.29) is 30.3 Å². The number of carbonyl (C=O) groups is 1. The van der Waals surface area contributed by atoms with Crippen molar-refractivity contribution in [2.45, 2.75) is 59.5 Å². The van der Waals surface area contributed by atoms with Gasteiger partial charge >= 0.3 is 0 Å². The van der Waals surface area contributed by atoms with Gasteiger partial charge in [0.25, 0.3) is 5.56 Å². The molecule has 0 aliphatic rings. The molecular weight excluding hydrogens is 296 g/mol. The van der Waals surface area contributed by atoms with Crippen LogP contribution in [-0.4, -0.2) is 32.7 Å². The number of nitrogens with one attached hydrogen (secondary N) is 1. The minimum Gasteiger partial charge on any atom is -0.396 e. The van der Waals surface area contributed by atoms with E-state index < -0.39 is 11.1 Å². The lowest BCUT2D eigenvalue weighted by molar-refractivity contribution is -0.123. The largest absolute Gasteiger partial charge is 0.396 e. The van der Waals surface area contributed by atoms with Crippen LogP contribution in [0, 0.1) is 12.3 Å². The highest BCUT2D eigenvalue weighted by atomic mass is 16.3. The quantitative estimate of drug-likeness (QED) is 0.688. The van der Waals surface area contributed by atoms with Gasteiger partial charge in [-0.3, -0.25) is 14.2 Å². The zero-order valence-corrected chi connectivity index (χ0v) is 14.6.